The van der Waals surface area contributed by atoms with Crippen LogP contribution in [0, 0.1) is 6.92 Å². The van der Waals surface area contributed by atoms with E-state index in [1.165, 1.54) is 0 Å². The average Bonchev–Trinajstić information content (AvgIpc) is 2.03. The number of thioether (sulfide) groups is 1. The zero-order valence-corrected chi connectivity index (χ0v) is 8.35. The summed E-state index contributed by atoms with van der Waals surface area (Å²) in [7, 11) is 1.57. The second kappa shape index (κ2) is 4.18. The van der Waals surface area contributed by atoms with Crippen LogP contribution in [0.25, 0.3) is 0 Å². The molecule has 0 radical (unpaired) electrons. The zero-order valence-electron chi connectivity index (χ0n) is 7.53. The molecule has 70 valence electrons. The Hall–Kier alpha value is -1.16. The molecular weight excluding hydrogens is 186 g/mol. The number of nitrogens with two attached hydrogens (primary N) is 1. The summed E-state index contributed by atoms with van der Waals surface area (Å²) < 4.78 is 5.07. The van der Waals surface area contributed by atoms with Gasteiger partial charge in [-0.15, -0.1) is 0 Å². The van der Waals surface area contributed by atoms with E-state index in [9.17, 15) is 4.79 Å². The monoisotopic (exact) mass is 197 g/mol. The number of primary amides is 1. The van der Waals surface area contributed by atoms with Gasteiger partial charge in [-0.1, -0.05) is 6.07 Å². The van der Waals surface area contributed by atoms with Crippen LogP contribution in [-0.2, 0) is 0 Å². The number of rotatable bonds is 2. The normalized spacial score (nSPS) is 9.69. The summed E-state index contributed by atoms with van der Waals surface area (Å²) in [5, 5.41) is -0.427. The lowest BCUT2D eigenvalue weighted by molar-refractivity contribution is 0.267. The Kier molecular flexibility index (Phi) is 3.19. The lowest BCUT2D eigenvalue weighted by Crippen LogP contribution is -2.02. The van der Waals surface area contributed by atoms with E-state index < -0.39 is 5.24 Å². The summed E-state index contributed by atoms with van der Waals surface area (Å²) in [6.45, 7) is 1.95. The first-order valence-corrected chi connectivity index (χ1v) is 4.57. The third-order valence-electron chi connectivity index (χ3n) is 1.53. The first-order valence-electron chi connectivity index (χ1n) is 3.75. The molecule has 0 aromatic heterocycles. The number of aryl methyl sites for hydroxylation is 1. The van der Waals surface area contributed by atoms with Gasteiger partial charge in [0.2, 0.25) is 0 Å². The van der Waals surface area contributed by atoms with Gasteiger partial charge in [-0.25, -0.2) is 0 Å². The summed E-state index contributed by atoms with van der Waals surface area (Å²) in [6, 6.07) is 5.61. The van der Waals surface area contributed by atoms with Gasteiger partial charge in [0, 0.05) is 0 Å². The predicted octanol–water partition coefficient (Wildman–Crippen LogP) is 2.17. The fraction of sp³-hybridized carbons (Fsp3) is 0.222. The summed E-state index contributed by atoms with van der Waals surface area (Å²) in [6.07, 6.45) is 0. The van der Waals surface area contributed by atoms with E-state index in [0.29, 0.717) is 5.75 Å². The maximum absolute atomic E-state index is 10.7. The molecule has 0 aliphatic rings. The Morgan fingerprint density at radius 2 is 2.23 bits per heavy atom. The van der Waals surface area contributed by atoms with Crippen LogP contribution in [0.15, 0.2) is 23.1 Å². The summed E-state index contributed by atoms with van der Waals surface area (Å²) in [4.78, 5) is 11.4. The van der Waals surface area contributed by atoms with Gasteiger partial charge in [0.25, 0.3) is 5.24 Å². The maximum atomic E-state index is 10.7. The van der Waals surface area contributed by atoms with E-state index in [2.05, 4.69) is 0 Å². The Labute approximate surface area is 81.3 Å². The number of carbonyl (C=O) groups excluding carboxylic acids is 1. The molecule has 0 aliphatic heterocycles. The van der Waals surface area contributed by atoms with Crippen molar-refractivity contribution in [1.82, 2.24) is 0 Å². The average molecular weight is 197 g/mol. The van der Waals surface area contributed by atoms with Gasteiger partial charge in [-0.05, 0) is 36.4 Å². The van der Waals surface area contributed by atoms with E-state index in [1.807, 2.05) is 25.1 Å². The molecule has 0 saturated heterocycles. The molecule has 4 heteroatoms. The molecule has 0 unspecified atom stereocenters. The van der Waals surface area contributed by atoms with Crippen molar-refractivity contribution in [2.75, 3.05) is 7.11 Å². The fourth-order valence-corrected chi connectivity index (χ4v) is 1.69. The molecule has 1 rings (SSSR count). The highest BCUT2D eigenvalue weighted by Crippen LogP contribution is 2.29. The standard InChI is InChI=1S/C9H11NO2S/c1-6-3-4-7(12-2)8(5-6)13-9(10)11/h3-5H,1-2H3,(H2,10,11). The SMILES string of the molecule is COc1ccc(C)cc1SC(N)=O. The molecule has 3 nitrogen and oxygen atoms in total. The maximum Gasteiger partial charge on any atom is 0.281 e. The second-order valence-electron chi connectivity index (χ2n) is 2.58. The minimum atomic E-state index is -0.427. The van der Waals surface area contributed by atoms with Gasteiger partial charge in [0.15, 0.2) is 0 Å². The molecule has 1 aromatic carbocycles. The Morgan fingerprint density at radius 3 is 2.77 bits per heavy atom. The van der Waals surface area contributed by atoms with Crippen LogP contribution >= 0.6 is 11.8 Å². The predicted molar refractivity (Wildman–Crippen MR) is 53.2 cm³/mol. The minimum absolute atomic E-state index is 0.427. The third kappa shape index (κ3) is 2.66. The van der Waals surface area contributed by atoms with Crippen molar-refractivity contribution >= 4 is 17.0 Å². The van der Waals surface area contributed by atoms with Crippen LogP contribution in [0.4, 0.5) is 4.79 Å². The number of hydrogen-bond donors (Lipinski definition) is 1. The molecule has 13 heavy (non-hydrogen) atoms. The molecule has 0 saturated carbocycles. The smallest absolute Gasteiger partial charge is 0.281 e. The van der Waals surface area contributed by atoms with Gasteiger partial charge < -0.3 is 10.5 Å². The largest absolute Gasteiger partial charge is 0.496 e. The lowest BCUT2D eigenvalue weighted by atomic mass is 10.2. The highest BCUT2D eigenvalue weighted by Gasteiger charge is 2.06. The van der Waals surface area contributed by atoms with E-state index >= 15 is 0 Å². The summed E-state index contributed by atoms with van der Waals surface area (Å²) >= 11 is 0.978. The number of carbonyl (C=O) groups is 1. The van der Waals surface area contributed by atoms with Crippen molar-refractivity contribution in [2.24, 2.45) is 5.73 Å². The Morgan fingerprint density at radius 1 is 1.54 bits per heavy atom. The fourth-order valence-electron chi connectivity index (χ4n) is 0.972. The third-order valence-corrected chi connectivity index (χ3v) is 2.27. The van der Waals surface area contributed by atoms with Crippen LogP contribution in [0.1, 0.15) is 5.56 Å². The molecular formula is C9H11NO2S. The molecule has 1 amide bonds. The molecule has 0 spiro atoms. The van der Waals surface area contributed by atoms with E-state index in [1.54, 1.807) is 7.11 Å². The minimum Gasteiger partial charge on any atom is -0.496 e. The molecule has 1 aromatic rings. The molecule has 0 aliphatic carbocycles. The van der Waals surface area contributed by atoms with Gasteiger partial charge >= 0.3 is 0 Å². The highest BCUT2D eigenvalue weighted by atomic mass is 32.2. The molecule has 0 atom stereocenters. The van der Waals surface area contributed by atoms with Crippen LogP contribution in [0.5, 0.6) is 5.75 Å². The number of benzene rings is 1. The van der Waals surface area contributed by atoms with Crippen molar-refractivity contribution in [3.05, 3.63) is 23.8 Å². The van der Waals surface area contributed by atoms with Gasteiger partial charge in [-0.3, -0.25) is 4.79 Å². The van der Waals surface area contributed by atoms with E-state index in [4.69, 9.17) is 10.5 Å². The van der Waals surface area contributed by atoms with Gasteiger partial charge in [-0.2, -0.15) is 0 Å². The van der Waals surface area contributed by atoms with Crippen LogP contribution < -0.4 is 10.5 Å². The van der Waals surface area contributed by atoms with Crippen molar-refractivity contribution in [3.8, 4) is 5.75 Å². The summed E-state index contributed by atoms with van der Waals surface area (Å²) in [5.74, 6) is 0.675. The Bertz CT molecular complexity index is 325. The highest BCUT2D eigenvalue weighted by molar-refractivity contribution is 8.13. The number of amides is 1. The van der Waals surface area contributed by atoms with Gasteiger partial charge in [0.1, 0.15) is 5.75 Å². The Balaban J connectivity index is 3.01. The van der Waals surface area contributed by atoms with E-state index in [0.717, 1.165) is 22.2 Å². The van der Waals surface area contributed by atoms with Crippen LogP contribution in [-0.4, -0.2) is 12.3 Å². The topological polar surface area (TPSA) is 52.3 Å². The molecule has 2 N–H and O–H groups in total. The van der Waals surface area contributed by atoms with Crippen molar-refractivity contribution in [3.63, 3.8) is 0 Å². The van der Waals surface area contributed by atoms with Crippen LogP contribution in [0.2, 0.25) is 0 Å². The van der Waals surface area contributed by atoms with Gasteiger partial charge in [0.05, 0.1) is 12.0 Å². The first-order chi connectivity index (χ1) is 6.13. The molecule has 0 bridgehead atoms. The summed E-state index contributed by atoms with van der Waals surface area (Å²) in [5.41, 5.74) is 6.14. The van der Waals surface area contributed by atoms with Crippen molar-refractivity contribution in [1.29, 1.82) is 0 Å². The number of ether oxygens (including phenoxy) is 1. The lowest BCUT2D eigenvalue weighted by Gasteiger charge is -2.06. The van der Waals surface area contributed by atoms with Crippen molar-refractivity contribution in [2.45, 2.75) is 11.8 Å². The van der Waals surface area contributed by atoms with E-state index in [-0.39, 0.29) is 0 Å². The van der Waals surface area contributed by atoms with Crippen molar-refractivity contribution < 1.29 is 9.53 Å². The molecule has 0 heterocycles. The zero-order chi connectivity index (χ0) is 9.84. The number of methoxy groups -OCH3 is 1. The van der Waals surface area contributed by atoms with Crippen LogP contribution in [0.3, 0.4) is 0 Å². The number of hydrogen-bond acceptors (Lipinski definition) is 3. The second-order valence-corrected chi connectivity index (χ2v) is 3.62. The molecule has 0 fully saturated rings. The quantitative estimate of drug-likeness (QED) is 0.739. The first kappa shape index (κ1) is 9.92.